The van der Waals surface area contributed by atoms with Gasteiger partial charge in [-0.1, -0.05) is 24.8 Å². The van der Waals surface area contributed by atoms with Crippen molar-refractivity contribution in [2.75, 3.05) is 52.6 Å². The average Bonchev–Trinajstić information content (AvgIpc) is 3.52. The number of rotatable bonds is 12. The van der Waals surface area contributed by atoms with Crippen LogP contribution in [0.3, 0.4) is 0 Å². The Bertz CT molecular complexity index is 1110. The Kier molecular flexibility index (Phi) is 8.79. The maximum Gasteiger partial charge on any atom is 0.290 e. The number of carbonyl (C=O) groups excluding carboxylic acids is 2. The van der Waals surface area contributed by atoms with Gasteiger partial charge in [0.15, 0.2) is 17.3 Å². The highest BCUT2D eigenvalue weighted by atomic mass is 32.1. The molecule has 0 bridgehead atoms. The van der Waals surface area contributed by atoms with E-state index in [1.165, 1.54) is 11.3 Å². The van der Waals surface area contributed by atoms with Crippen LogP contribution in [-0.2, 0) is 9.53 Å². The van der Waals surface area contributed by atoms with E-state index >= 15 is 0 Å². The lowest BCUT2D eigenvalue weighted by Crippen LogP contribution is -2.39. The van der Waals surface area contributed by atoms with E-state index in [0.717, 1.165) is 19.6 Å². The molecule has 1 aromatic heterocycles. The van der Waals surface area contributed by atoms with Crippen LogP contribution in [0.5, 0.6) is 11.5 Å². The number of hydrogen-bond donors (Lipinski definition) is 1. The topological polar surface area (TPSA) is 88.5 Å². The number of amides is 1. The van der Waals surface area contributed by atoms with Gasteiger partial charge in [0.25, 0.3) is 5.91 Å². The molecule has 1 fully saturated rings. The highest BCUT2D eigenvalue weighted by Gasteiger charge is 2.44. The third kappa shape index (κ3) is 5.64. The Hall–Kier alpha value is -3.14. The third-order valence-corrected chi connectivity index (χ3v) is 7.08. The van der Waals surface area contributed by atoms with Crippen molar-refractivity contribution < 1.29 is 28.9 Å². The van der Waals surface area contributed by atoms with Crippen molar-refractivity contribution in [1.82, 2.24) is 9.80 Å². The maximum atomic E-state index is 13.5. The second-order valence-electron chi connectivity index (χ2n) is 8.52. The molecule has 2 aliphatic rings. The molecular formula is C27H32N2O6S. The molecule has 0 aliphatic carbocycles. The normalized spacial score (nSPS) is 18.5. The van der Waals surface area contributed by atoms with Crippen LogP contribution >= 0.6 is 11.3 Å². The summed E-state index contributed by atoms with van der Waals surface area (Å²) in [4.78, 5) is 31.1. The molecule has 0 radical (unpaired) electrons. The molecule has 9 heteroatoms. The summed E-state index contributed by atoms with van der Waals surface area (Å²) in [5.74, 6) is -0.321. The highest BCUT2D eigenvalue weighted by Crippen LogP contribution is 2.42. The largest absolute Gasteiger partial charge is 0.503 e. The minimum absolute atomic E-state index is 0.0935. The molecule has 2 aliphatic heterocycles. The molecule has 4 rings (SSSR count). The SMILES string of the molecule is C=CCOc1ccc(C2C(C(=O)c3cccs3)=C(O)C(=O)N2CCCN2CCOCC2)cc1OCC. The number of thiophene rings is 1. The maximum absolute atomic E-state index is 13.5. The first kappa shape index (κ1) is 25.9. The van der Waals surface area contributed by atoms with Gasteiger partial charge in [0, 0.05) is 26.2 Å². The minimum Gasteiger partial charge on any atom is -0.503 e. The molecule has 1 atom stereocenters. The van der Waals surface area contributed by atoms with Crippen molar-refractivity contribution in [3.63, 3.8) is 0 Å². The summed E-state index contributed by atoms with van der Waals surface area (Å²) in [6, 6.07) is 8.12. The summed E-state index contributed by atoms with van der Waals surface area (Å²) in [6.07, 6.45) is 2.35. The number of Topliss-reactive ketones (excluding diaryl/α,β-unsaturated/α-hetero) is 1. The Balaban J connectivity index is 1.66. The predicted molar refractivity (Wildman–Crippen MR) is 138 cm³/mol. The first-order valence-electron chi connectivity index (χ1n) is 12.2. The quantitative estimate of drug-likeness (QED) is 0.340. The molecule has 36 heavy (non-hydrogen) atoms. The van der Waals surface area contributed by atoms with Crippen molar-refractivity contribution >= 4 is 23.0 Å². The summed E-state index contributed by atoms with van der Waals surface area (Å²) in [5.41, 5.74) is 0.768. The van der Waals surface area contributed by atoms with Gasteiger partial charge in [-0.05, 0) is 42.5 Å². The molecule has 1 saturated heterocycles. The smallest absolute Gasteiger partial charge is 0.290 e. The molecular weight excluding hydrogens is 480 g/mol. The molecule has 3 heterocycles. The van der Waals surface area contributed by atoms with Gasteiger partial charge in [-0.2, -0.15) is 0 Å². The average molecular weight is 513 g/mol. The molecule has 1 N–H and O–H groups in total. The molecule has 1 unspecified atom stereocenters. The standard InChI is InChI=1S/C27H32N2O6S/c1-3-14-35-20-9-8-19(18-21(20)34-4-2)24-23(25(30)22-7-5-17-36-22)26(31)27(32)29(24)11-6-10-28-12-15-33-16-13-28/h3,5,7-9,17-18,24,31H,1,4,6,10-16H2,2H3. The molecule has 192 valence electrons. The van der Waals surface area contributed by atoms with Crippen molar-refractivity contribution in [2.45, 2.75) is 19.4 Å². The number of benzene rings is 1. The van der Waals surface area contributed by atoms with Crippen LogP contribution in [-0.4, -0.2) is 79.2 Å². The van der Waals surface area contributed by atoms with E-state index in [2.05, 4.69) is 11.5 Å². The van der Waals surface area contributed by atoms with Crippen LogP contribution in [0.25, 0.3) is 0 Å². The zero-order valence-corrected chi connectivity index (χ0v) is 21.3. The van der Waals surface area contributed by atoms with Crippen molar-refractivity contribution in [2.24, 2.45) is 0 Å². The van der Waals surface area contributed by atoms with E-state index in [0.29, 0.717) is 61.3 Å². The third-order valence-electron chi connectivity index (χ3n) is 6.21. The lowest BCUT2D eigenvalue weighted by molar-refractivity contribution is -0.129. The van der Waals surface area contributed by atoms with Gasteiger partial charge in [-0.15, -0.1) is 11.3 Å². The molecule has 2 aromatic rings. The van der Waals surface area contributed by atoms with Gasteiger partial charge in [-0.3, -0.25) is 14.5 Å². The van der Waals surface area contributed by atoms with Gasteiger partial charge in [0.1, 0.15) is 6.61 Å². The van der Waals surface area contributed by atoms with Gasteiger partial charge in [0.2, 0.25) is 5.78 Å². The molecule has 8 nitrogen and oxygen atoms in total. The van der Waals surface area contributed by atoms with Gasteiger partial charge >= 0.3 is 0 Å². The Morgan fingerprint density at radius 1 is 1.22 bits per heavy atom. The van der Waals surface area contributed by atoms with Crippen molar-refractivity contribution in [1.29, 1.82) is 0 Å². The van der Waals surface area contributed by atoms with Crippen molar-refractivity contribution in [3.8, 4) is 11.5 Å². The highest BCUT2D eigenvalue weighted by molar-refractivity contribution is 7.12. The lowest BCUT2D eigenvalue weighted by atomic mass is 9.95. The predicted octanol–water partition coefficient (Wildman–Crippen LogP) is 4.01. The second kappa shape index (κ2) is 12.2. The fourth-order valence-corrected chi connectivity index (χ4v) is 5.20. The van der Waals surface area contributed by atoms with Crippen LogP contribution in [0.15, 0.2) is 59.7 Å². The zero-order chi connectivity index (χ0) is 25.5. The summed E-state index contributed by atoms with van der Waals surface area (Å²) < 4.78 is 17.0. The van der Waals surface area contributed by atoms with Gasteiger partial charge < -0.3 is 24.2 Å². The van der Waals surface area contributed by atoms with Gasteiger partial charge in [-0.25, -0.2) is 0 Å². The van der Waals surface area contributed by atoms with Crippen LogP contribution < -0.4 is 9.47 Å². The molecule has 0 spiro atoms. The number of nitrogens with zero attached hydrogens (tertiary/aromatic N) is 2. The molecule has 1 amide bonds. The number of carbonyl (C=O) groups is 2. The Morgan fingerprint density at radius 3 is 2.72 bits per heavy atom. The van der Waals surface area contributed by atoms with E-state index in [9.17, 15) is 14.7 Å². The first-order chi connectivity index (χ1) is 17.5. The summed E-state index contributed by atoms with van der Waals surface area (Å²) in [5, 5.41) is 12.7. The molecule has 0 saturated carbocycles. The van der Waals surface area contributed by atoms with Crippen LogP contribution in [0.1, 0.15) is 34.6 Å². The fourth-order valence-electron chi connectivity index (χ4n) is 4.52. The van der Waals surface area contributed by atoms with Crippen LogP contribution in [0.4, 0.5) is 0 Å². The van der Waals surface area contributed by atoms with E-state index in [1.54, 1.807) is 40.6 Å². The first-order valence-corrected chi connectivity index (χ1v) is 13.1. The number of ether oxygens (including phenoxy) is 3. The van der Waals surface area contributed by atoms with E-state index < -0.39 is 17.7 Å². The summed E-state index contributed by atoms with van der Waals surface area (Å²) in [7, 11) is 0. The van der Waals surface area contributed by atoms with Gasteiger partial charge in [0.05, 0.1) is 36.3 Å². The van der Waals surface area contributed by atoms with Crippen LogP contribution in [0.2, 0.25) is 0 Å². The second-order valence-corrected chi connectivity index (χ2v) is 9.46. The number of hydrogen-bond acceptors (Lipinski definition) is 8. The van der Waals surface area contributed by atoms with Crippen LogP contribution in [0, 0.1) is 0 Å². The molecule has 1 aromatic carbocycles. The lowest BCUT2D eigenvalue weighted by Gasteiger charge is -2.30. The fraction of sp³-hybridized carbons (Fsp3) is 0.407. The summed E-state index contributed by atoms with van der Waals surface area (Å²) in [6.45, 7) is 10.6. The van der Waals surface area contributed by atoms with Crippen molar-refractivity contribution in [3.05, 3.63) is 70.1 Å². The monoisotopic (exact) mass is 512 g/mol. The minimum atomic E-state index is -0.732. The Labute approximate surface area is 215 Å². The zero-order valence-electron chi connectivity index (χ0n) is 20.5. The van der Waals surface area contributed by atoms with E-state index in [1.807, 2.05) is 13.0 Å². The summed E-state index contributed by atoms with van der Waals surface area (Å²) >= 11 is 1.28. The number of aliphatic hydroxyl groups excluding tert-OH is 1. The van der Waals surface area contributed by atoms with E-state index in [-0.39, 0.29) is 11.4 Å². The van der Waals surface area contributed by atoms with E-state index in [4.69, 9.17) is 14.2 Å². The number of ketones is 1. The Morgan fingerprint density at radius 2 is 2.03 bits per heavy atom. The number of morpholine rings is 1. The number of aliphatic hydroxyl groups is 1.